The number of amides is 1. The zero-order valence-corrected chi connectivity index (χ0v) is 11.7. The molecule has 0 aromatic carbocycles. The molecule has 1 aromatic rings. The normalized spacial score (nSPS) is 16.2. The molecule has 1 atom stereocenters. The Morgan fingerprint density at radius 1 is 1.42 bits per heavy atom. The van der Waals surface area contributed by atoms with Crippen molar-refractivity contribution in [1.29, 1.82) is 0 Å². The summed E-state index contributed by atoms with van der Waals surface area (Å²) in [4.78, 5) is 11.8. The first-order valence-electron chi connectivity index (χ1n) is 7.02. The summed E-state index contributed by atoms with van der Waals surface area (Å²) in [5, 5.41) is 11.2. The molecule has 1 amide bonds. The first kappa shape index (κ1) is 14.0. The van der Waals surface area contributed by atoms with Crippen molar-refractivity contribution in [1.82, 2.24) is 20.1 Å². The van der Waals surface area contributed by atoms with Crippen molar-refractivity contribution >= 4 is 5.91 Å². The smallest absolute Gasteiger partial charge is 0.237 e. The molecule has 1 aromatic heterocycles. The van der Waals surface area contributed by atoms with E-state index in [9.17, 15) is 4.79 Å². The molecule has 6 nitrogen and oxygen atoms in total. The van der Waals surface area contributed by atoms with E-state index in [0.717, 1.165) is 31.0 Å². The van der Waals surface area contributed by atoms with E-state index in [2.05, 4.69) is 33.9 Å². The summed E-state index contributed by atoms with van der Waals surface area (Å²) in [6.45, 7) is 5.48. The molecule has 106 valence electrons. The standard InChI is InChI=1S/C13H23N5O/c1-9(2)7-10(14)13(19)15-8-12-17-16-11-5-3-4-6-18(11)12/h9-10H,3-8,14H2,1-2H3,(H,15,19)/t10-/m0/s1. The minimum absolute atomic E-state index is 0.109. The van der Waals surface area contributed by atoms with E-state index in [1.807, 2.05) is 0 Å². The average molecular weight is 265 g/mol. The van der Waals surface area contributed by atoms with Gasteiger partial charge in [0.2, 0.25) is 5.91 Å². The molecule has 0 radical (unpaired) electrons. The van der Waals surface area contributed by atoms with Gasteiger partial charge in [-0.1, -0.05) is 13.8 Å². The van der Waals surface area contributed by atoms with Gasteiger partial charge in [-0.25, -0.2) is 0 Å². The fourth-order valence-electron chi connectivity index (χ4n) is 2.41. The van der Waals surface area contributed by atoms with Gasteiger partial charge >= 0.3 is 0 Å². The molecule has 1 aliphatic rings. The van der Waals surface area contributed by atoms with Gasteiger partial charge in [-0.2, -0.15) is 0 Å². The van der Waals surface area contributed by atoms with Crippen LogP contribution in [0.5, 0.6) is 0 Å². The Hall–Kier alpha value is -1.43. The molecule has 0 unspecified atom stereocenters. The van der Waals surface area contributed by atoms with Crippen LogP contribution in [0.25, 0.3) is 0 Å². The van der Waals surface area contributed by atoms with E-state index in [-0.39, 0.29) is 5.91 Å². The van der Waals surface area contributed by atoms with Crippen LogP contribution in [-0.2, 0) is 24.3 Å². The molecular formula is C13H23N5O. The molecule has 0 aliphatic carbocycles. The highest BCUT2D eigenvalue weighted by atomic mass is 16.2. The summed E-state index contributed by atoms with van der Waals surface area (Å²) in [5.41, 5.74) is 5.84. The van der Waals surface area contributed by atoms with Gasteiger partial charge in [0.1, 0.15) is 5.82 Å². The summed E-state index contributed by atoms with van der Waals surface area (Å²) in [5.74, 6) is 2.17. The van der Waals surface area contributed by atoms with Crippen LogP contribution in [0, 0.1) is 5.92 Å². The first-order valence-corrected chi connectivity index (χ1v) is 7.02. The summed E-state index contributed by atoms with van der Waals surface area (Å²) >= 11 is 0. The molecule has 0 saturated heterocycles. The molecule has 0 bridgehead atoms. The van der Waals surface area contributed by atoms with Gasteiger partial charge in [0, 0.05) is 13.0 Å². The number of aromatic nitrogens is 3. The molecule has 3 N–H and O–H groups in total. The van der Waals surface area contributed by atoms with Crippen LogP contribution in [0.15, 0.2) is 0 Å². The van der Waals surface area contributed by atoms with Crippen molar-refractivity contribution < 1.29 is 4.79 Å². The van der Waals surface area contributed by atoms with Crippen molar-refractivity contribution in [2.75, 3.05) is 0 Å². The van der Waals surface area contributed by atoms with Gasteiger partial charge in [-0.3, -0.25) is 4.79 Å². The zero-order chi connectivity index (χ0) is 13.8. The van der Waals surface area contributed by atoms with Gasteiger partial charge in [0.25, 0.3) is 0 Å². The number of rotatable bonds is 5. The van der Waals surface area contributed by atoms with Crippen LogP contribution in [0.3, 0.4) is 0 Å². The lowest BCUT2D eigenvalue weighted by molar-refractivity contribution is -0.122. The quantitative estimate of drug-likeness (QED) is 0.816. The maximum Gasteiger partial charge on any atom is 0.237 e. The van der Waals surface area contributed by atoms with E-state index < -0.39 is 6.04 Å². The molecule has 0 fully saturated rings. The summed E-state index contributed by atoms with van der Waals surface area (Å²) in [6, 6.07) is -0.441. The van der Waals surface area contributed by atoms with E-state index in [1.54, 1.807) is 0 Å². The van der Waals surface area contributed by atoms with Gasteiger partial charge in [-0.15, -0.1) is 10.2 Å². The molecule has 2 rings (SSSR count). The number of nitrogens with zero attached hydrogens (tertiary/aromatic N) is 3. The fraction of sp³-hybridized carbons (Fsp3) is 0.769. The van der Waals surface area contributed by atoms with Crippen LogP contribution in [0.2, 0.25) is 0 Å². The van der Waals surface area contributed by atoms with Crippen LogP contribution >= 0.6 is 0 Å². The van der Waals surface area contributed by atoms with Crippen LogP contribution < -0.4 is 11.1 Å². The Bertz CT molecular complexity index is 440. The number of carbonyl (C=O) groups excluding carboxylic acids is 1. The molecule has 19 heavy (non-hydrogen) atoms. The van der Waals surface area contributed by atoms with Crippen molar-refractivity contribution in [3.8, 4) is 0 Å². The highest BCUT2D eigenvalue weighted by molar-refractivity contribution is 5.81. The van der Waals surface area contributed by atoms with Crippen molar-refractivity contribution in [3.63, 3.8) is 0 Å². The number of fused-ring (bicyclic) bond motifs is 1. The monoisotopic (exact) mass is 265 g/mol. The Labute approximate surface area is 113 Å². The first-order chi connectivity index (χ1) is 9.08. The minimum atomic E-state index is -0.441. The molecule has 0 saturated carbocycles. The lowest BCUT2D eigenvalue weighted by Gasteiger charge is -2.16. The van der Waals surface area contributed by atoms with E-state index in [4.69, 9.17) is 5.73 Å². The molecule has 0 spiro atoms. The van der Waals surface area contributed by atoms with Gasteiger partial charge in [0.05, 0.1) is 12.6 Å². The Morgan fingerprint density at radius 2 is 2.21 bits per heavy atom. The maximum atomic E-state index is 11.8. The number of nitrogens with one attached hydrogen (secondary N) is 1. The topological polar surface area (TPSA) is 85.8 Å². The predicted octanol–water partition coefficient (Wildman–Crippen LogP) is 0.604. The predicted molar refractivity (Wildman–Crippen MR) is 72.2 cm³/mol. The third-order valence-corrected chi connectivity index (χ3v) is 3.42. The van der Waals surface area contributed by atoms with Gasteiger partial charge in [0.15, 0.2) is 5.82 Å². The van der Waals surface area contributed by atoms with Crippen LogP contribution in [0.4, 0.5) is 0 Å². The van der Waals surface area contributed by atoms with Gasteiger partial charge in [-0.05, 0) is 25.2 Å². The highest BCUT2D eigenvalue weighted by Gasteiger charge is 2.18. The Kier molecular flexibility index (Phi) is 4.52. The minimum Gasteiger partial charge on any atom is -0.347 e. The molecule has 1 aliphatic heterocycles. The van der Waals surface area contributed by atoms with Crippen molar-refractivity contribution in [2.24, 2.45) is 11.7 Å². The second kappa shape index (κ2) is 6.14. The number of hydrogen-bond acceptors (Lipinski definition) is 4. The van der Waals surface area contributed by atoms with Crippen LogP contribution in [-0.4, -0.2) is 26.7 Å². The third kappa shape index (κ3) is 3.53. The Morgan fingerprint density at radius 3 is 2.95 bits per heavy atom. The SMILES string of the molecule is CC(C)C[C@H](N)C(=O)NCc1nnc2n1CCCC2. The number of aryl methyl sites for hydroxylation is 1. The number of carbonyl (C=O) groups is 1. The lowest BCUT2D eigenvalue weighted by Crippen LogP contribution is -2.41. The highest BCUT2D eigenvalue weighted by Crippen LogP contribution is 2.14. The lowest BCUT2D eigenvalue weighted by atomic mass is 10.0. The van der Waals surface area contributed by atoms with E-state index in [0.29, 0.717) is 18.9 Å². The number of hydrogen-bond donors (Lipinski definition) is 2. The van der Waals surface area contributed by atoms with Gasteiger partial charge < -0.3 is 15.6 Å². The summed E-state index contributed by atoms with van der Waals surface area (Å²) < 4.78 is 2.11. The van der Waals surface area contributed by atoms with Crippen molar-refractivity contribution in [2.45, 2.75) is 58.7 Å². The number of nitrogens with two attached hydrogens (primary N) is 1. The summed E-state index contributed by atoms with van der Waals surface area (Å²) in [6.07, 6.45) is 4.00. The average Bonchev–Trinajstić information content (AvgIpc) is 2.78. The summed E-state index contributed by atoms with van der Waals surface area (Å²) in [7, 11) is 0. The fourth-order valence-corrected chi connectivity index (χ4v) is 2.41. The van der Waals surface area contributed by atoms with E-state index >= 15 is 0 Å². The Balaban J connectivity index is 1.88. The second-order valence-electron chi connectivity index (χ2n) is 5.60. The van der Waals surface area contributed by atoms with Crippen molar-refractivity contribution in [3.05, 3.63) is 11.6 Å². The third-order valence-electron chi connectivity index (χ3n) is 3.42. The second-order valence-corrected chi connectivity index (χ2v) is 5.60. The maximum absolute atomic E-state index is 11.8. The molecular weight excluding hydrogens is 242 g/mol. The van der Waals surface area contributed by atoms with E-state index in [1.165, 1.54) is 6.42 Å². The van der Waals surface area contributed by atoms with Crippen LogP contribution in [0.1, 0.15) is 44.8 Å². The molecule has 6 heteroatoms. The largest absolute Gasteiger partial charge is 0.347 e. The molecule has 2 heterocycles. The zero-order valence-electron chi connectivity index (χ0n) is 11.7.